The Hall–Kier alpha value is -2.20. The lowest BCUT2D eigenvalue weighted by Gasteiger charge is -2.23. The van der Waals surface area contributed by atoms with Crippen LogP contribution in [0.4, 0.5) is 15.8 Å². The number of hydrogen-bond acceptors (Lipinski definition) is 5. The average molecular weight is 430 g/mol. The van der Waals surface area contributed by atoms with E-state index in [1.807, 2.05) is 0 Å². The maximum atomic E-state index is 13.0. The van der Waals surface area contributed by atoms with E-state index in [0.29, 0.717) is 25.4 Å². The predicted octanol–water partition coefficient (Wildman–Crippen LogP) is 2.37. The molecule has 2 aromatic carbocycles. The number of hydrogen-bond donors (Lipinski definition) is 3. The highest BCUT2D eigenvalue weighted by Crippen LogP contribution is 2.25. The van der Waals surface area contributed by atoms with Crippen molar-refractivity contribution in [1.29, 1.82) is 0 Å². The number of benzene rings is 2. The van der Waals surface area contributed by atoms with Crippen molar-refractivity contribution < 1.29 is 22.3 Å². The molecule has 0 radical (unpaired) electrons. The van der Waals surface area contributed by atoms with Gasteiger partial charge in [-0.2, -0.15) is 0 Å². The third kappa shape index (κ3) is 5.90. The molecule has 2 aromatic rings. The molecule has 1 heterocycles. The number of nitrogens with one attached hydrogen (secondary N) is 3. The van der Waals surface area contributed by atoms with Crippen LogP contribution >= 0.6 is 12.4 Å². The highest BCUT2D eigenvalue weighted by molar-refractivity contribution is 7.92. The highest BCUT2D eigenvalue weighted by atomic mass is 35.5. The van der Waals surface area contributed by atoms with Gasteiger partial charge in [0.05, 0.1) is 29.5 Å². The first kappa shape index (κ1) is 22.1. The highest BCUT2D eigenvalue weighted by Gasteiger charge is 2.19. The van der Waals surface area contributed by atoms with Crippen LogP contribution in [0.3, 0.4) is 0 Å². The van der Waals surface area contributed by atoms with Gasteiger partial charge in [-0.15, -0.1) is 12.4 Å². The van der Waals surface area contributed by atoms with Gasteiger partial charge in [-0.05, 0) is 36.4 Å². The molecule has 10 heteroatoms. The van der Waals surface area contributed by atoms with E-state index in [9.17, 15) is 17.6 Å². The SMILES string of the molecule is Cl.O=C(CC1COCCN1)Nc1ccccc1NS(=O)(=O)c1ccc(F)cc1. The maximum absolute atomic E-state index is 13.0. The second kappa shape index (κ2) is 9.83. The predicted molar refractivity (Wildman–Crippen MR) is 107 cm³/mol. The van der Waals surface area contributed by atoms with Crippen molar-refractivity contribution in [3.8, 4) is 0 Å². The van der Waals surface area contributed by atoms with Crippen LogP contribution in [-0.4, -0.2) is 40.1 Å². The van der Waals surface area contributed by atoms with Gasteiger partial charge in [0.1, 0.15) is 5.82 Å². The van der Waals surface area contributed by atoms with Crippen LogP contribution in [0, 0.1) is 5.82 Å². The summed E-state index contributed by atoms with van der Waals surface area (Å²) in [5, 5.41) is 5.91. The average Bonchev–Trinajstić information content (AvgIpc) is 2.64. The Labute approximate surface area is 169 Å². The van der Waals surface area contributed by atoms with Gasteiger partial charge in [-0.1, -0.05) is 12.1 Å². The summed E-state index contributed by atoms with van der Waals surface area (Å²) in [7, 11) is -3.92. The largest absolute Gasteiger partial charge is 0.378 e. The quantitative estimate of drug-likeness (QED) is 0.655. The molecule has 28 heavy (non-hydrogen) atoms. The Morgan fingerprint density at radius 3 is 2.46 bits per heavy atom. The number of morpholine rings is 1. The minimum Gasteiger partial charge on any atom is -0.378 e. The van der Waals surface area contributed by atoms with Gasteiger partial charge in [0, 0.05) is 19.0 Å². The lowest BCUT2D eigenvalue weighted by Crippen LogP contribution is -2.43. The van der Waals surface area contributed by atoms with Gasteiger partial charge in [-0.25, -0.2) is 12.8 Å². The Balaban J connectivity index is 0.00000280. The smallest absolute Gasteiger partial charge is 0.261 e. The van der Waals surface area contributed by atoms with Gasteiger partial charge < -0.3 is 15.4 Å². The fourth-order valence-corrected chi connectivity index (χ4v) is 3.75. The Morgan fingerprint density at radius 1 is 1.14 bits per heavy atom. The zero-order chi connectivity index (χ0) is 19.3. The first-order valence-electron chi connectivity index (χ1n) is 8.42. The molecule has 152 valence electrons. The third-order valence-electron chi connectivity index (χ3n) is 4.00. The van der Waals surface area contributed by atoms with Gasteiger partial charge in [0.15, 0.2) is 0 Å². The molecule has 1 saturated heterocycles. The first-order valence-corrected chi connectivity index (χ1v) is 9.91. The third-order valence-corrected chi connectivity index (χ3v) is 5.38. The van der Waals surface area contributed by atoms with Crippen LogP contribution in [0.25, 0.3) is 0 Å². The van der Waals surface area contributed by atoms with E-state index in [1.54, 1.807) is 24.3 Å². The van der Waals surface area contributed by atoms with Crippen LogP contribution in [-0.2, 0) is 19.6 Å². The summed E-state index contributed by atoms with van der Waals surface area (Å²) < 4.78 is 45.8. The number of para-hydroxylation sites is 2. The van der Waals surface area contributed by atoms with Crippen LogP contribution in [0.15, 0.2) is 53.4 Å². The Bertz CT molecular complexity index is 903. The van der Waals surface area contributed by atoms with Crippen LogP contribution in [0.1, 0.15) is 6.42 Å². The summed E-state index contributed by atoms with van der Waals surface area (Å²) in [6, 6.07) is 10.9. The van der Waals surface area contributed by atoms with Crippen molar-refractivity contribution in [1.82, 2.24) is 5.32 Å². The van der Waals surface area contributed by atoms with E-state index in [0.717, 1.165) is 12.1 Å². The van der Waals surface area contributed by atoms with E-state index < -0.39 is 15.8 Å². The van der Waals surface area contributed by atoms with Crippen molar-refractivity contribution >= 4 is 39.7 Å². The first-order chi connectivity index (χ1) is 12.9. The van der Waals surface area contributed by atoms with E-state index in [2.05, 4.69) is 15.4 Å². The van der Waals surface area contributed by atoms with Gasteiger partial charge in [0.25, 0.3) is 10.0 Å². The molecule has 1 fully saturated rings. The normalized spacial score (nSPS) is 16.7. The fraction of sp³-hybridized carbons (Fsp3) is 0.278. The number of halogens is 2. The monoisotopic (exact) mass is 429 g/mol. The summed E-state index contributed by atoms with van der Waals surface area (Å²) in [6.45, 7) is 1.75. The molecule has 0 bridgehead atoms. The molecule has 7 nitrogen and oxygen atoms in total. The van der Waals surface area contributed by atoms with E-state index in [1.165, 1.54) is 12.1 Å². The summed E-state index contributed by atoms with van der Waals surface area (Å²) in [4.78, 5) is 12.2. The minimum atomic E-state index is -3.92. The van der Waals surface area contributed by atoms with Crippen molar-refractivity contribution in [3.63, 3.8) is 0 Å². The van der Waals surface area contributed by atoms with Gasteiger partial charge in [-0.3, -0.25) is 9.52 Å². The molecule has 3 N–H and O–H groups in total. The van der Waals surface area contributed by atoms with E-state index >= 15 is 0 Å². The minimum absolute atomic E-state index is 0. The molecule has 3 rings (SSSR count). The maximum Gasteiger partial charge on any atom is 0.261 e. The molecular formula is C18H21ClFN3O4S. The van der Waals surface area contributed by atoms with E-state index in [-0.39, 0.29) is 41.4 Å². The van der Waals surface area contributed by atoms with Crippen molar-refractivity contribution in [3.05, 3.63) is 54.3 Å². The zero-order valence-corrected chi connectivity index (χ0v) is 16.5. The number of carbonyl (C=O) groups excluding carboxylic acids is 1. The Morgan fingerprint density at radius 2 is 1.82 bits per heavy atom. The van der Waals surface area contributed by atoms with Crippen molar-refractivity contribution in [2.24, 2.45) is 0 Å². The fourth-order valence-electron chi connectivity index (χ4n) is 2.67. The van der Waals surface area contributed by atoms with Crippen LogP contribution in [0.2, 0.25) is 0 Å². The summed E-state index contributed by atoms with van der Waals surface area (Å²) >= 11 is 0. The Kier molecular flexibility index (Phi) is 7.76. The molecule has 1 aliphatic heterocycles. The van der Waals surface area contributed by atoms with Gasteiger partial charge in [0.2, 0.25) is 5.91 Å². The van der Waals surface area contributed by atoms with E-state index in [4.69, 9.17) is 4.74 Å². The molecule has 0 spiro atoms. The molecule has 0 saturated carbocycles. The number of rotatable bonds is 6. The summed E-state index contributed by atoms with van der Waals surface area (Å²) in [5.41, 5.74) is 0.563. The van der Waals surface area contributed by atoms with Crippen LogP contribution in [0.5, 0.6) is 0 Å². The molecule has 0 aliphatic carbocycles. The second-order valence-corrected chi connectivity index (χ2v) is 7.77. The lowest BCUT2D eigenvalue weighted by molar-refractivity contribution is -0.117. The second-order valence-electron chi connectivity index (χ2n) is 6.08. The van der Waals surface area contributed by atoms with Gasteiger partial charge >= 0.3 is 0 Å². The molecule has 1 unspecified atom stereocenters. The topological polar surface area (TPSA) is 96.5 Å². The van der Waals surface area contributed by atoms with Crippen molar-refractivity contribution in [2.45, 2.75) is 17.4 Å². The molecule has 0 aromatic heterocycles. The van der Waals surface area contributed by atoms with Crippen LogP contribution < -0.4 is 15.4 Å². The number of anilines is 2. The lowest BCUT2D eigenvalue weighted by atomic mass is 10.2. The molecule has 1 aliphatic rings. The summed E-state index contributed by atoms with van der Waals surface area (Å²) in [5.74, 6) is -0.784. The number of ether oxygens (including phenoxy) is 1. The standard InChI is InChI=1S/C18H20FN3O4S.ClH/c19-13-5-7-15(8-6-13)27(24,25)22-17-4-2-1-3-16(17)21-18(23)11-14-12-26-10-9-20-14;/h1-8,14,20,22H,9-12H2,(H,21,23);1H. The zero-order valence-electron chi connectivity index (χ0n) is 14.9. The summed E-state index contributed by atoms with van der Waals surface area (Å²) in [6.07, 6.45) is 0.207. The molecular weight excluding hydrogens is 409 g/mol. The number of amides is 1. The number of sulfonamides is 1. The molecule has 1 atom stereocenters. The number of carbonyl (C=O) groups is 1. The van der Waals surface area contributed by atoms with Crippen molar-refractivity contribution in [2.75, 3.05) is 29.8 Å². The molecule has 1 amide bonds.